The first-order valence-electron chi connectivity index (χ1n) is 8.06. The SMILES string of the molecule is COc1ccc(C(=O)Nc2cccc(S(=O)(=O)N3CCCC3)c2)cc1. The number of rotatable bonds is 5. The maximum atomic E-state index is 12.6. The smallest absolute Gasteiger partial charge is 0.255 e. The lowest BCUT2D eigenvalue weighted by Gasteiger charge is -2.16. The Kier molecular flexibility index (Phi) is 5.06. The number of nitrogens with one attached hydrogen (secondary N) is 1. The number of hydrogen-bond donors (Lipinski definition) is 1. The summed E-state index contributed by atoms with van der Waals surface area (Å²) in [5.74, 6) is 0.355. The van der Waals surface area contributed by atoms with Gasteiger partial charge in [0.25, 0.3) is 5.91 Å². The highest BCUT2D eigenvalue weighted by Crippen LogP contribution is 2.23. The highest BCUT2D eigenvalue weighted by Gasteiger charge is 2.27. The number of hydrogen-bond acceptors (Lipinski definition) is 4. The van der Waals surface area contributed by atoms with E-state index in [0.717, 1.165) is 12.8 Å². The zero-order chi connectivity index (χ0) is 17.9. The summed E-state index contributed by atoms with van der Waals surface area (Å²) < 4.78 is 31.8. The van der Waals surface area contributed by atoms with Crippen LogP contribution in [0.2, 0.25) is 0 Å². The van der Waals surface area contributed by atoms with Crippen molar-refractivity contribution >= 4 is 21.6 Å². The van der Waals surface area contributed by atoms with Crippen LogP contribution < -0.4 is 10.1 Å². The molecule has 1 N–H and O–H groups in total. The van der Waals surface area contributed by atoms with E-state index >= 15 is 0 Å². The first-order valence-corrected chi connectivity index (χ1v) is 9.50. The molecule has 2 aromatic carbocycles. The fourth-order valence-corrected chi connectivity index (χ4v) is 4.32. The molecule has 7 heteroatoms. The van der Waals surface area contributed by atoms with Crippen molar-refractivity contribution in [1.29, 1.82) is 0 Å². The molecule has 2 aromatic rings. The van der Waals surface area contributed by atoms with E-state index < -0.39 is 10.0 Å². The molecule has 6 nitrogen and oxygen atoms in total. The van der Waals surface area contributed by atoms with Crippen molar-refractivity contribution in [1.82, 2.24) is 4.31 Å². The molecule has 132 valence electrons. The third kappa shape index (κ3) is 3.83. The standard InChI is InChI=1S/C18H20N2O4S/c1-24-16-9-7-14(8-10-16)18(21)19-15-5-4-6-17(13-15)25(22,23)20-11-2-3-12-20/h4-10,13H,2-3,11-12H2,1H3,(H,19,21). The Labute approximate surface area is 147 Å². The van der Waals surface area contributed by atoms with E-state index in [1.807, 2.05) is 0 Å². The van der Waals surface area contributed by atoms with E-state index in [1.165, 1.54) is 10.4 Å². The maximum Gasteiger partial charge on any atom is 0.255 e. The summed E-state index contributed by atoms with van der Waals surface area (Å²) in [7, 11) is -1.95. The van der Waals surface area contributed by atoms with Crippen molar-refractivity contribution in [2.45, 2.75) is 17.7 Å². The summed E-state index contributed by atoms with van der Waals surface area (Å²) in [6.07, 6.45) is 1.76. The van der Waals surface area contributed by atoms with E-state index in [2.05, 4.69) is 5.32 Å². The van der Waals surface area contributed by atoms with Gasteiger partial charge in [0.05, 0.1) is 12.0 Å². The number of ether oxygens (including phenoxy) is 1. The predicted molar refractivity (Wildman–Crippen MR) is 95.4 cm³/mol. The average Bonchev–Trinajstić information content (AvgIpc) is 3.17. The lowest BCUT2D eigenvalue weighted by Crippen LogP contribution is -2.27. The first kappa shape index (κ1) is 17.4. The number of sulfonamides is 1. The van der Waals surface area contributed by atoms with Gasteiger partial charge in [-0.2, -0.15) is 4.31 Å². The zero-order valence-corrected chi connectivity index (χ0v) is 14.8. The van der Waals surface area contributed by atoms with Gasteiger partial charge in [-0.1, -0.05) is 6.07 Å². The van der Waals surface area contributed by atoms with Gasteiger partial charge in [-0.15, -0.1) is 0 Å². The van der Waals surface area contributed by atoms with Crippen molar-refractivity contribution < 1.29 is 17.9 Å². The van der Waals surface area contributed by atoms with Crippen LogP contribution in [0.25, 0.3) is 0 Å². The van der Waals surface area contributed by atoms with Crippen LogP contribution in [-0.2, 0) is 10.0 Å². The third-order valence-electron chi connectivity index (χ3n) is 4.15. The second-order valence-corrected chi connectivity index (χ2v) is 7.76. The summed E-state index contributed by atoms with van der Waals surface area (Å²) in [5.41, 5.74) is 0.912. The monoisotopic (exact) mass is 360 g/mol. The van der Waals surface area contributed by atoms with Crippen LogP contribution in [0.4, 0.5) is 5.69 Å². The molecule has 1 aliphatic rings. The number of nitrogens with zero attached hydrogens (tertiary/aromatic N) is 1. The maximum absolute atomic E-state index is 12.6. The van der Waals surface area contributed by atoms with Crippen LogP contribution >= 0.6 is 0 Å². The van der Waals surface area contributed by atoms with Crippen LogP contribution in [0.3, 0.4) is 0 Å². The fraction of sp³-hybridized carbons (Fsp3) is 0.278. The van der Waals surface area contributed by atoms with E-state index in [1.54, 1.807) is 49.6 Å². The summed E-state index contributed by atoms with van der Waals surface area (Å²) >= 11 is 0. The molecule has 1 saturated heterocycles. The normalized spacial score (nSPS) is 15.1. The lowest BCUT2D eigenvalue weighted by molar-refractivity contribution is 0.102. The van der Waals surface area contributed by atoms with Gasteiger partial charge in [-0.3, -0.25) is 4.79 Å². The van der Waals surface area contributed by atoms with Gasteiger partial charge in [0.15, 0.2) is 0 Å². The molecule has 0 atom stereocenters. The largest absolute Gasteiger partial charge is 0.497 e. The second kappa shape index (κ2) is 7.25. The average molecular weight is 360 g/mol. The first-order chi connectivity index (χ1) is 12.0. The van der Waals surface area contributed by atoms with Crippen molar-refractivity contribution in [3.63, 3.8) is 0 Å². The quantitative estimate of drug-likeness (QED) is 0.890. The number of carbonyl (C=O) groups excluding carboxylic acids is 1. The minimum absolute atomic E-state index is 0.196. The van der Waals surface area contributed by atoms with Crippen LogP contribution in [0.1, 0.15) is 23.2 Å². The third-order valence-corrected chi connectivity index (χ3v) is 6.04. The lowest BCUT2D eigenvalue weighted by atomic mass is 10.2. The van der Waals surface area contributed by atoms with Gasteiger partial charge in [0.1, 0.15) is 5.75 Å². The Morgan fingerprint density at radius 3 is 2.40 bits per heavy atom. The summed E-state index contributed by atoms with van der Waals surface area (Å²) in [4.78, 5) is 12.5. The van der Waals surface area contributed by atoms with E-state index in [-0.39, 0.29) is 10.8 Å². The Bertz CT molecular complexity index is 857. The molecule has 0 radical (unpaired) electrons. The molecule has 3 rings (SSSR count). The van der Waals surface area contributed by atoms with Gasteiger partial charge in [0, 0.05) is 24.3 Å². The fourth-order valence-electron chi connectivity index (χ4n) is 2.76. The minimum Gasteiger partial charge on any atom is -0.497 e. The Hall–Kier alpha value is -2.38. The minimum atomic E-state index is -3.51. The highest BCUT2D eigenvalue weighted by atomic mass is 32.2. The van der Waals surface area contributed by atoms with Crippen molar-refractivity contribution in [2.24, 2.45) is 0 Å². The van der Waals surface area contributed by atoms with Crippen molar-refractivity contribution in [3.8, 4) is 5.75 Å². The van der Waals surface area contributed by atoms with Gasteiger partial charge in [-0.05, 0) is 55.3 Å². The van der Waals surface area contributed by atoms with Gasteiger partial charge >= 0.3 is 0 Å². The Morgan fingerprint density at radius 2 is 1.76 bits per heavy atom. The number of amides is 1. The van der Waals surface area contributed by atoms with E-state index in [4.69, 9.17) is 4.74 Å². The van der Waals surface area contributed by atoms with Crippen molar-refractivity contribution in [3.05, 3.63) is 54.1 Å². The number of methoxy groups -OCH3 is 1. The molecule has 0 aromatic heterocycles. The molecule has 1 amide bonds. The summed E-state index contributed by atoms with van der Waals surface area (Å²) in [6, 6.07) is 13.0. The number of carbonyl (C=O) groups is 1. The molecule has 0 unspecified atom stereocenters. The molecule has 1 heterocycles. The van der Waals surface area contributed by atoms with Gasteiger partial charge < -0.3 is 10.1 Å². The zero-order valence-electron chi connectivity index (χ0n) is 13.9. The molecular formula is C18H20N2O4S. The Balaban J connectivity index is 1.78. The van der Waals surface area contributed by atoms with Crippen LogP contribution in [0.15, 0.2) is 53.4 Å². The van der Waals surface area contributed by atoms with E-state index in [0.29, 0.717) is 30.1 Å². The molecule has 25 heavy (non-hydrogen) atoms. The topological polar surface area (TPSA) is 75.7 Å². The molecule has 1 fully saturated rings. The molecule has 0 spiro atoms. The van der Waals surface area contributed by atoms with E-state index in [9.17, 15) is 13.2 Å². The Morgan fingerprint density at radius 1 is 1.08 bits per heavy atom. The second-order valence-electron chi connectivity index (χ2n) is 5.82. The molecule has 0 saturated carbocycles. The summed E-state index contributed by atoms with van der Waals surface area (Å²) in [5, 5.41) is 2.74. The number of benzene rings is 2. The van der Waals surface area contributed by atoms with Crippen molar-refractivity contribution in [2.75, 3.05) is 25.5 Å². The molecule has 1 aliphatic heterocycles. The van der Waals surface area contributed by atoms with Gasteiger partial charge in [0.2, 0.25) is 10.0 Å². The highest BCUT2D eigenvalue weighted by molar-refractivity contribution is 7.89. The summed E-state index contributed by atoms with van der Waals surface area (Å²) in [6.45, 7) is 1.09. The van der Waals surface area contributed by atoms with Crippen LogP contribution in [0, 0.1) is 0 Å². The molecule has 0 aliphatic carbocycles. The molecular weight excluding hydrogens is 340 g/mol. The predicted octanol–water partition coefficient (Wildman–Crippen LogP) is 2.73. The van der Waals surface area contributed by atoms with Crippen LogP contribution in [0.5, 0.6) is 5.75 Å². The molecule has 0 bridgehead atoms. The number of anilines is 1. The van der Waals surface area contributed by atoms with Gasteiger partial charge in [-0.25, -0.2) is 8.42 Å². The van der Waals surface area contributed by atoms with Crippen LogP contribution in [-0.4, -0.2) is 38.8 Å².